The molecule has 0 spiro atoms. The third kappa shape index (κ3) is 2.79. The predicted octanol–water partition coefficient (Wildman–Crippen LogP) is 2.42. The Morgan fingerprint density at radius 1 is 1.50 bits per heavy atom. The fourth-order valence-electron chi connectivity index (χ4n) is 2.01. The van der Waals surface area contributed by atoms with E-state index in [1.54, 1.807) is 24.6 Å². The van der Waals surface area contributed by atoms with Gasteiger partial charge >= 0.3 is 5.69 Å². The first-order chi connectivity index (χ1) is 9.52. The predicted molar refractivity (Wildman–Crippen MR) is 72.5 cm³/mol. The van der Waals surface area contributed by atoms with Gasteiger partial charge in [0.2, 0.25) is 5.82 Å². The van der Waals surface area contributed by atoms with E-state index in [-0.39, 0.29) is 5.69 Å². The number of nitrogens with zero attached hydrogens (tertiary/aromatic N) is 4. The molecule has 2 heterocycles. The molecule has 0 saturated carbocycles. The SMILES string of the molecule is CCCn1nc(C)c([N+](=O)[O-])c1NCc1cc(C)on1. The second kappa shape index (κ2) is 5.72. The monoisotopic (exact) mass is 279 g/mol. The molecule has 2 aromatic rings. The summed E-state index contributed by atoms with van der Waals surface area (Å²) in [5.41, 5.74) is 1.11. The smallest absolute Gasteiger partial charge is 0.333 e. The molecule has 0 aliphatic heterocycles. The minimum absolute atomic E-state index is 0.0127. The van der Waals surface area contributed by atoms with Gasteiger partial charge in [-0.2, -0.15) is 5.10 Å². The molecule has 0 aliphatic rings. The second-order valence-corrected chi connectivity index (χ2v) is 4.55. The molecule has 0 aromatic carbocycles. The molecule has 0 unspecified atom stereocenters. The van der Waals surface area contributed by atoms with Crippen molar-refractivity contribution >= 4 is 11.5 Å². The molecule has 2 aromatic heterocycles. The van der Waals surface area contributed by atoms with E-state index in [0.717, 1.165) is 6.42 Å². The summed E-state index contributed by atoms with van der Waals surface area (Å²) in [4.78, 5) is 10.7. The van der Waals surface area contributed by atoms with Crippen LogP contribution < -0.4 is 5.32 Å². The van der Waals surface area contributed by atoms with Gasteiger partial charge in [-0.3, -0.25) is 10.1 Å². The molecule has 108 valence electrons. The minimum Gasteiger partial charge on any atom is -0.361 e. The number of nitro groups is 1. The van der Waals surface area contributed by atoms with Gasteiger partial charge in [-0.1, -0.05) is 12.1 Å². The molecule has 2 rings (SSSR count). The van der Waals surface area contributed by atoms with Crippen LogP contribution in [0.1, 0.15) is 30.5 Å². The molecule has 0 amide bonds. The van der Waals surface area contributed by atoms with E-state index in [1.165, 1.54) is 0 Å². The maximum Gasteiger partial charge on any atom is 0.333 e. The van der Waals surface area contributed by atoms with Gasteiger partial charge in [0.1, 0.15) is 17.1 Å². The van der Waals surface area contributed by atoms with E-state index in [1.807, 2.05) is 6.92 Å². The quantitative estimate of drug-likeness (QED) is 0.644. The average Bonchev–Trinajstić information content (AvgIpc) is 2.91. The first-order valence-corrected chi connectivity index (χ1v) is 6.40. The molecule has 0 aliphatic carbocycles. The number of aromatic nitrogens is 3. The molecular weight excluding hydrogens is 262 g/mol. The van der Waals surface area contributed by atoms with Crippen LogP contribution in [-0.4, -0.2) is 19.9 Å². The third-order valence-corrected chi connectivity index (χ3v) is 2.83. The van der Waals surface area contributed by atoms with Gasteiger partial charge in [-0.15, -0.1) is 0 Å². The number of hydrogen-bond acceptors (Lipinski definition) is 6. The number of nitrogens with one attached hydrogen (secondary N) is 1. The highest BCUT2D eigenvalue weighted by Gasteiger charge is 2.25. The van der Waals surface area contributed by atoms with Gasteiger partial charge in [0.25, 0.3) is 0 Å². The lowest BCUT2D eigenvalue weighted by molar-refractivity contribution is -0.384. The average molecular weight is 279 g/mol. The zero-order chi connectivity index (χ0) is 14.7. The van der Waals surface area contributed by atoms with Crippen LogP contribution in [0.15, 0.2) is 10.6 Å². The first-order valence-electron chi connectivity index (χ1n) is 6.40. The molecule has 8 heteroatoms. The van der Waals surface area contributed by atoms with Crippen molar-refractivity contribution in [1.82, 2.24) is 14.9 Å². The minimum atomic E-state index is -0.412. The molecule has 20 heavy (non-hydrogen) atoms. The van der Waals surface area contributed by atoms with Gasteiger partial charge in [0, 0.05) is 12.6 Å². The Morgan fingerprint density at radius 2 is 2.25 bits per heavy atom. The standard InChI is InChI=1S/C12H17N5O3/c1-4-5-16-12(11(17(18)19)9(3)14-16)13-7-10-6-8(2)20-15-10/h6,13H,4-5,7H2,1-3H3. The van der Waals surface area contributed by atoms with Gasteiger partial charge in [-0.25, -0.2) is 4.68 Å². The Hall–Kier alpha value is -2.38. The van der Waals surface area contributed by atoms with E-state index in [2.05, 4.69) is 15.6 Å². The highest BCUT2D eigenvalue weighted by Crippen LogP contribution is 2.28. The van der Waals surface area contributed by atoms with Gasteiger partial charge in [0.05, 0.1) is 11.5 Å². The van der Waals surface area contributed by atoms with E-state index in [9.17, 15) is 10.1 Å². The lowest BCUT2D eigenvalue weighted by Crippen LogP contribution is -2.09. The summed E-state index contributed by atoms with van der Waals surface area (Å²) >= 11 is 0. The van der Waals surface area contributed by atoms with Crippen molar-refractivity contribution in [2.24, 2.45) is 0 Å². The molecule has 0 fully saturated rings. The molecule has 1 N–H and O–H groups in total. The molecule has 0 atom stereocenters. The highest BCUT2D eigenvalue weighted by molar-refractivity contribution is 5.59. The fraction of sp³-hybridized carbons (Fsp3) is 0.500. The summed E-state index contributed by atoms with van der Waals surface area (Å²) in [5.74, 6) is 1.12. The number of anilines is 1. The first kappa shape index (κ1) is 14.0. The zero-order valence-corrected chi connectivity index (χ0v) is 11.7. The van der Waals surface area contributed by atoms with Crippen molar-refractivity contribution in [1.29, 1.82) is 0 Å². The zero-order valence-electron chi connectivity index (χ0n) is 11.7. The topological polar surface area (TPSA) is 99.0 Å². The maximum absolute atomic E-state index is 11.2. The van der Waals surface area contributed by atoms with Crippen molar-refractivity contribution < 1.29 is 9.45 Å². The van der Waals surface area contributed by atoms with Crippen LogP contribution in [0.4, 0.5) is 11.5 Å². The number of rotatable bonds is 6. The van der Waals surface area contributed by atoms with Crippen molar-refractivity contribution in [3.8, 4) is 0 Å². The van der Waals surface area contributed by atoms with Gasteiger partial charge < -0.3 is 9.84 Å². The van der Waals surface area contributed by atoms with Crippen LogP contribution in [0.5, 0.6) is 0 Å². The molecule has 0 saturated heterocycles. The van der Waals surface area contributed by atoms with E-state index in [4.69, 9.17) is 4.52 Å². The van der Waals surface area contributed by atoms with Crippen molar-refractivity contribution in [2.45, 2.75) is 40.3 Å². The highest BCUT2D eigenvalue weighted by atomic mass is 16.6. The van der Waals surface area contributed by atoms with E-state index < -0.39 is 4.92 Å². The van der Waals surface area contributed by atoms with Gasteiger partial charge in [0.15, 0.2) is 0 Å². The number of hydrogen-bond donors (Lipinski definition) is 1. The van der Waals surface area contributed by atoms with Crippen LogP contribution in [0.2, 0.25) is 0 Å². The Balaban J connectivity index is 2.25. The van der Waals surface area contributed by atoms with Crippen molar-refractivity contribution in [3.63, 3.8) is 0 Å². The lowest BCUT2D eigenvalue weighted by atomic mass is 10.3. The normalized spacial score (nSPS) is 10.8. The van der Waals surface area contributed by atoms with Crippen LogP contribution in [0.25, 0.3) is 0 Å². The Bertz CT molecular complexity index is 617. The summed E-state index contributed by atoms with van der Waals surface area (Å²) in [7, 11) is 0. The third-order valence-electron chi connectivity index (χ3n) is 2.83. The second-order valence-electron chi connectivity index (χ2n) is 4.55. The molecule has 8 nitrogen and oxygen atoms in total. The lowest BCUT2D eigenvalue weighted by Gasteiger charge is -2.06. The maximum atomic E-state index is 11.2. The summed E-state index contributed by atoms with van der Waals surface area (Å²) in [6.07, 6.45) is 0.843. The Kier molecular flexibility index (Phi) is 4.02. The summed E-state index contributed by atoms with van der Waals surface area (Å²) in [5, 5.41) is 22.2. The summed E-state index contributed by atoms with van der Waals surface area (Å²) < 4.78 is 6.59. The van der Waals surface area contributed by atoms with Crippen molar-refractivity contribution in [2.75, 3.05) is 5.32 Å². The largest absolute Gasteiger partial charge is 0.361 e. The summed E-state index contributed by atoms with van der Waals surface area (Å²) in [6, 6.07) is 1.78. The van der Waals surface area contributed by atoms with Crippen molar-refractivity contribution in [3.05, 3.63) is 33.3 Å². The molecular formula is C12H17N5O3. The molecule has 0 bridgehead atoms. The van der Waals surface area contributed by atoms with Crippen LogP contribution in [0.3, 0.4) is 0 Å². The van der Waals surface area contributed by atoms with Crippen LogP contribution in [0, 0.1) is 24.0 Å². The van der Waals surface area contributed by atoms with Crippen LogP contribution in [-0.2, 0) is 13.1 Å². The Labute approximate surface area is 115 Å². The van der Waals surface area contributed by atoms with Gasteiger partial charge in [-0.05, 0) is 20.3 Å². The van der Waals surface area contributed by atoms with E-state index >= 15 is 0 Å². The Morgan fingerprint density at radius 3 is 2.80 bits per heavy atom. The molecule has 0 radical (unpaired) electrons. The summed E-state index contributed by atoms with van der Waals surface area (Å²) in [6.45, 7) is 6.40. The fourth-order valence-corrected chi connectivity index (χ4v) is 2.01. The van der Waals surface area contributed by atoms with Crippen LogP contribution >= 0.6 is 0 Å². The van der Waals surface area contributed by atoms with E-state index in [0.29, 0.717) is 36.1 Å². The number of aryl methyl sites for hydroxylation is 3.